The van der Waals surface area contributed by atoms with Gasteiger partial charge >= 0.3 is 5.97 Å². The summed E-state index contributed by atoms with van der Waals surface area (Å²) in [7, 11) is 0. The predicted molar refractivity (Wildman–Crippen MR) is 79.4 cm³/mol. The largest absolute Gasteiger partial charge is 0.478 e. The van der Waals surface area contributed by atoms with Gasteiger partial charge in [0.25, 0.3) is 0 Å². The molecule has 2 aromatic heterocycles. The van der Waals surface area contributed by atoms with E-state index < -0.39 is 5.97 Å². The summed E-state index contributed by atoms with van der Waals surface area (Å²) in [6.45, 7) is 5.67. The maximum absolute atomic E-state index is 11.4. The Hall–Kier alpha value is -1.95. The molecule has 0 saturated carbocycles. The summed E-state index contributed by atoms with van der Waals surface area (Å²) in [5, 5.41) is 15.4. The number of aromatic nitrogens is 2. The summed E-state index contributed by atoms with van der Waals surface area (Å²) in [4.78, 5) is 20.0. The van der Waals surface area contributed by atoms with E-state index in [4.69, 9.17) is 0 Å². The first-order chi connectivity index (χ1) is 9.52. The van der Waals surface area contributed by atoms with Crippen molar-refractivity contribution in [3.05, 3.63) is 39.5 Å². The Labute approximate surface area is 121 Å². The van der Waals surface area contributed by atoms with Crippen LogP contribution in [0.3, 0.4) is 0 Å². The van der Waals surface area contributed by atoms with Crippen LogP contribution in [0.1, 0.15) is 46.0 Å². The van der Waals surface area contributed by atoms with E-state index in [1.165, 1.54) is 0 Å². The molecule has 0 aliphatic rings. The monoisotopic (exact) mass is 291 g/mol. The number of aryl methyl sites for hydroxylation is 2. The molecule has 2 aromatic rings. The predicted octanol–water partition coefficient (Wildman–Crippen LogP) is 3.42. The zero-order valence-electron chi connectivity index (χ0n) is 11.7. The van der Waals surface area contributed by atoms with Gasteiger partial charge < -0.3 is 10.4 Å². The molecular weight excluding hydrogens is 274 g/mol. The topological polar surface area (TPSA) is 75.1 Å². The Morgan fingerprint density at radius 3 is 2.80 bits per heavy atom. The van der Waals surface area contributed by atoms with Crippen LogP contribution in [0.2, 0.25) is 0 Å². The van der Waals surface area contributed by atoms with Crippen LogP contribution in [0.4, 0.5) is 5.82 Å². The average molecular weight is 291 g/mol. The number of carbonyl (C=O) groups is 1. The molecule has 2 rings (SSSR count). The maximum Gasteiger partial charge on any atom is 0.339 e. The summed E-state index contributed by atoms with van der Waals surface area (Å²) in [6.07, 6.45) is 2.55. The number of carboxylic acids is 1. The smallest absolute Gasteiger partial charge is 0.339 e. The first-order valence-electron chi connectivity index (χ1n) is 6.40. The number of anilines is 1. The van der Waals surface area contributed by atoms with Crippen molar-refractivity contribution in [1.82, 2.24) is 9.97 Å². The number of nitrogens with one attached hydrogen (secondary N) is 1. The lowest BCUT2D eigenvalue weighted by Gasteiger charge is -2.18. The molecule has 2 heterocycles. The van der Waals surface area contributed by atoms with Gasteiger partial charge in [0.15, 0.2) is 0 Å². The second kappa shape index (κ2) is 6.00. The number of aromatic carboxylic acids is 1. The fraction of sp³-hybridized carbons (Fsp3) is 0.357. The summed E-state index contributed by atoms with van der Waals surface area (Å²) in [6, 6.07) is 1.75. The van der Waals surface area contributed by atoms with E-state index in [-0.39, 0.29) is 11.6 Å². The van der Waals surface area contributed by atoms with Crippen LogP contribution in [-0.4, -0.2) is 21.0 Å². The molecule has 20 heavy (non-hydrogen) atoms. The third-order valence-electron chi connectivity index (χ3n) is 3.03. The molecule has 0 amide bonds. The van der Waals surface area contributed by atoms with E-state index >= 15 is 0 Å². The number of nitrogens with zero attached hydrogens (tertiary/aromatic N) is 2. The second-order valence-corrected chi connectivity index (χ2v) is 5.51. The number of thiazole rings is 1. The van der Waals surface area contributed by atoms with Gasteiger partial charge in [-0.3, -0.25) is 0 Å². The van der Waals surface area contributed by atoms with Crippen LogP contribution in [0, 0.1) is 13.8 Å². The molecule has 6 heteroatoms. The highest BCUT2D eigenvalue weighted by Crippen LogP contribution is 2.27. The highest BCUT2D eigenvalue weighted by atomic mass is 32.1. The first kappa shape index (κ1) is 14.5. The van der Waals surface area contributed by atoms with Gasteiger partial charge in [-0.2, -0.15) is 0 Å². The van der Waals surface area contributed by atoms with E-state index in [1.807, 2.05) is 19.2 Å². The first-order valence-corrected chi connectivity index (χ1v) is 7.28. The molecule has 2 N–H and O–H groups in total. The molecule has 0 aromatic carbocycles. The van der Waals surface area contributed by atoms with Gasteiger partial charge in [0, 0.05) is 17.3 Å². The zero-order chi connectivity index (χ0) is 14.7. The van der Waals surface area contributed by atoms with Crippen LogP contribution in [0.15, 0.2) is 17.6 Å². The van der Waals surface area contributed by atoms with Crippen LogP contribution in [0.5, 0.6) is 0 Å². The lowest BCUT2D eigenvalue weighted by atomic mass is 10.1. The van der Waals surface area contributed by atoms with E-state index in [1.54, 1.807) is 30.5 Å². The fourth-order valence-corrected chi connectivity index (χ4v) is 2.89. The molecule has 0 bridgehead atoms. The van der Waals surface area contributed by atoms with Crippen LogP contribution in [0.25, 0.3) is 0 Å². The Morgan fingerprint density at radius 1 is 1.50 bits per heavy atom. The highest BCUT2D eigenvalue weighted by molar-refractivity contribution is 7.09. The normalized spacial score (nSPS) is 12.2. The van der Waals surface area contributed by atoms with E-state index in [2.05, 4.69) is 15.3 Å². The van der Waals surface area contributed by atoms with Crippen LogP contribution >= 0.6 is 11.3 Å². The molecular formula is C14H17N3O2S. The Balaban J connectivity index is 2.39. The van der Waals surface area contributed by atoms with Crippen molar-refractivity contribution in [1.29, 1.82) is 0 Å². The summed E-state index contributed by atoms with van der Waals surface area (Å²) >= 11 is 1.55. The molecule has 0 aliphatic carbocycles. The zero-order valence-corrected chi connectivity index (χ0v) is 12.5. The Kier molecular flexibility index (Phi) is 4.34. The van der Waals surface area contributed by atoms with Gasteiger partial charge in [-0.05, 0) is 31.9 Å². The lowest BCUT2D eigenvalue weighted by Crippen LogP contribution is -2.15. The SMILES string of the molecule is CCC(Nc1nc(C)cc(C)c1C(=O)O)c1nccs1. The minimum atomic E-state index is -0.966. The molecule has 0 radical (unpaired) electrons. The van der Waals surface area contributed by atoms with Crippen molar-refractivity contribution in [3.8, 4) is 0 Å². The van der Waals surface area contributed by atoms with Gasteiger partial charge in [-0.15, -0.1) is 11.3 Å². The van der Waals surface area contributed by atoms with Crippen molar-refractivity contribution in [2.75, 3.05) is 5.32 Å². The van der Waals surface area contributed by atoms with Crippen LogP contribution < -0.4 is 5.32 Å². The van der Waals surface area contributed by atoms with E-state index in [0.717, 1.165) is 17.1 Å². The Bertz CT molecular complexity index is 611. The molecule has 1 unspecified atom stereocenters. The molecule has 1 atom stereocenters. The molecule has 106 valence electrons. The summed E-state index contributed by atoms with van der Waals surface area (Å²) in [5.74, 6) is -0.552. The standard InChI is InChI=1S/C14H17N3O2S/c1-4-10(13-15-5-6-20-13)17-12-11(14(18)19)8(2)7-9(3)16-12/h5-7,10H,4H2,1-3H3,(H,16,17)(H,18,19). The van der Waals surface area contributed by atoms with Crippen LogP contribution in [-0.2, 0) is 0 Å². The molecule has 0 fully saturated rings. The average Bonchev–Trinajstić information content (AvgIpc) is 2.88. The van der Waals surface area contributed by atoms with Crippen molar-refractivity contribution in [3.63, 3.8) is 0 Å². The quantitative estimate of drug-likeness (QED) is 0.883. The lowest BCUT2D eigenvalue weighted by molar-refractivity contribution is 0.0696. The molecule has 0 aliphatic heterocycles. The van der Waals surface area contributed by atoms with E-state index in [0.29, 0.717) is 11.4 Å². The minimum Gasteiger partial charge on any atom is -0.478 e. The van der Waals surface area contributed by atoms with Crippen molar-refractivity contribution >= 4 is 23.1 Å². The summed E-state index contributed by atoms with van der Waals surface area (Å²) < 4.78 is 0. The number of rotatable bonds is 5. The maximum atomic E-state index is 11.4. The van der Waals surface area contributed by atoms with Gasteiger partial charge in [0.05, 0.1) is 6.04 Å². The highest BCUT2D eigenvalue weighted by Gasteiger charge is 2.20. The second-order valence-electron chi connectivity index (χ2n) is 4.58. The van der Waals surface area contributed by atoms with Gasteiger partial charge in [0.1, 0.15) is 16.4 Å². The third-order valence-corrected chi connectivity index (χ3v) is 3.92. The fourth-order valence-electron chi connectivity index (χ4n) is 2.12. The van der Waals surface area contributed by atoms with E-state index in [9.17, 15) is 9.90 Å². The number of hydrogen-bond donors (Lipinski definition) is 2. The third kappa shape index (κ3) is 2.96. The van der Waals surface area contributed by atoms with Crippen molar-refractivity contribution < 1.29 is 9.90 Å². The minimum absolute atomic E-state index is 0.0261. The number of carboxylic acid groups (broad SMARTS) is 1. The van der Waals surface area contributed by atoms with Crippen molar-refractivity contribution in [2.24, 2.45) is 0 Å². The number of pyridine rings is 1. The van der Waals surface area contributed by atoms with Gasteiger partial charge in [-0.1, -0.05) is 6.92 Å². The van der Waals surface area contributed by atoms with Gasteiger partial charge in [-0.25, -0.2) is 14.8 Å². The van der Waals surface area contributed by atoms with Gasteiger partial charge in [0.2, 0.25) is 0 Å². The van der Waals surface area contributed by atoms with Crippen molar-refractivity contribution in [2.45, 2.75) is 33.2 Å². The molecule has 5 nitrogen and oxygen atoms in total. The number of hydrogen-bond acceptors (Lipinski definition) is 5. The molecule has 0 spiro atoms. The summed E-state index contributed by atoms with van der Waals surface area (Å²) in [5.41, 5.74) is 1.73. The molecule has 0 saturated heterocycles. The Morgan fingerprint density at radius 2 is 2.25 bits per heavy atom.